The molecule has 0 bridgehead atoms. The minimum atomic E-state index is 0.754. The van der Waals surface area contributed by atoms with E-state index in [4.69, 9.17) is 0 Å². The highest BCUT2D eigenvalue weighted by Crippen LogP contribution is 2.30. The number of nitrogens with zero attached hydrogens (tertiary/aromatic N) is 1. The van der Waals surface area contributed by atoms with E-state index in [0.717, 1.165) is 12.0 Å². The van der Waals surface area contributed by atoms with E-state index in [1.54, 1.807) is 0 Å². The summed E-state index contributed by atoms with van der Waals surface area (Å²) >= 11 is 0. The van der Waals surface area contributed by atoms with E-state index in [2.05, 4.69) is 23.7 Å². The minimum absolute atomic E-state index is 0.754. The van der Waals surface area contributed by atoms with E-state index >= 15 is 0 Å². The number of hydrogen-bond acceptors (Lipinski definition) is 2. The van der Waals surface area contributed by atoms with E-state index in [-0.39, 0.29) is 0 Å². The molecule has 1 saturated carbocycles. The van der Waals surface area contributed by atoms with Crippen LogP contribution in [-0.2, 0) is 0 Å². The molecular formula is C14H26N2. The van der Waals surface area contributed by atoms with Gasteiger partial charge in [0.1, 0.15) is 0 Å². The summed E-state index contributed by atoms with van der Waals surface area (Å²) in [6.07, 6.45) is 6.82. The maximum atomic E-state index is 4.01. The van der Waals surface area contributed by atoms with E-state index < -0.39 is 0 Å². The van der Waals surface area contributed by atoms with Crippen LogP contribution in [-0.4, -0.2) is 37.1 Å². The van der Waals surface area contributed by atoms with E-state index in [9.17, 15) is 0 Å². The summed E-state index contributed by atoms with van der Waals surface area (Å²) in [5, 5.41) is 3.60. The van der Waals surface area contributed by atoms with Crippen molar-refractivity contribution in [3.63, 3.8) is 0 Å². The molecule has 0 aromatic carbocycles. The van der Waals surface area contributed by atoms with Gasteiger partial charge in [0.05, 0.1) is 0 Å². The summed E-state index contributed by atoms with van der Waals surface area (Å²) in [6.45, 7) is 11.2. The van der Waals surface area contributed by atoms with Crippen LogP contribution in [0.3, 0.4) is 0 Å². The molecule has 2 nitrogen and oxygen atoms in total. The Morgan fingerprint density at radius 1 is 1.31 bits per heavy atom. The zero-order valence-corrected chi connectivity index (χ0v) is 10.7. The Morgan fingerprint density at radius 3 is 2.69 bits per heavy atom. The molecule has 0 aromatic rings. The van der Waals surface area contributed by atoms with Crippen molar-refractivity contribution in [2.24, 2.45) is 5.92 Å². The molecule has 2 fully saturated rings. The van der Waals surface area contributed by atoms with Crippen LogP contribution in [0.5, 0.6) is 0 Å². The van der Waals surface area contributed by atoms with Crippen LogP contribution in [0, 0.1) is 5.92 Å². The predicted molar refractivity (Wildman–Crippen MR) is 69.6 cm³/mol. The van der Waals surface area contributed by atoms with Gasteiger partial charge in [0.15, 0.2) is 0 Å². The highest BCUT2D eigenvalue weighted by atomic mass is 15.2. The molecule has 1 saturated heterocycles. The fraction of sp³-hybridized carbons (Fsp3) is 0.857. The van der Waals surface area contributed by atoms with Gasteiger partial charge in [-0.05, 0) is 51.5 Å². The van der Waals surface area contributed by atoms with Crippen LogP contribution >= 0.6 is 0 Å². The highest BCUT2D eigenvalue weighted by molar-refractivity contribution is 4.90. The summed E-state index contributed by atoms with van der Waals surface area (Å²) in [4.78, 5) is 2.66. The van der Waals surface area contributed by atoms with Gasteiger partial charge in [0.25, 0.3) is 0 Å². The van der Waals surface area contributed by atoms with E-state index in [1.165, 1.54) is 63.9 Å². The molecule has 0 spiro atoms. The maximum Gasteiger partial charge on any atom is 0.0195 e. The lowest BCUT2D eigenvalue weighted by Gasteiger charge is -2.25. The molecule has 1 aliphatic carbocycles. The Labute approximate surface area is 100 Å². The quantitative estimate of drug-likeness (QED) is 0.666. The standard InChI is InChI=1S/C14H26N2/c1-12(2)7-9-16(10-13-5-6-13)11-14-4-3-8-15-14/h13-15H,1,3-11H2,2H3. The molecule has 1 heterocycles. The van der Waals surface area contributed by atoms with Crippen molar-refractivity contribution >= 4 is 0 Å². The largest absolute Gasteiger partial charge is 0.313 e. The Balaban J connectivity index is 1.73. The Morgan fingerprint density at radius 2 is 2.12 bits per heavy atom. The van der Waals surface area contributed by atoms with Crippen LogP contribution in [0.25, 0.3) is 0 Å². The zero-order chi connectivity index (χ0) is 11.4. The second-order valence-corrected chi connectivity index (χ2v) is 5.70. The lowest BCUT2D eigenvalue weighted by atomic mass is 10.2. The summed E-state index contributed by atoms with van der Waals surface area (Å²) < 4.78 is 0. The van der Waals surface area contributed by atoms with Crippen molar-refractivity contribution < 1.29 is 0 Å². The molecule has 1 atom stereocenters. The monoisotopic (exact) mass is 222 g/mol. The second kappa shape index (κ2) is 5.83. The first kappa shape index (κ1) is 12.1. The first-order chi connectivity index (χ1) is 7.74. The molecule has 1 aliphatic heterocycles. The van der Waals surface area contributed by atoms with Gasteiger partial charge >= 0.3 is 0 Å². The molecule has 1 N–H and O–H groups in total. The zero-order valence-electron chi connectivity index (χ0n) is 10.7. The van der Waals surface area contributed by atoms with Gasteiger partial charge < -0.3 is 10.2 Å². The van der Waals surface area contributed by atoms with Gasteiger partial charge in [-0.1, -0.05) is 5.57 Å². The number of hydrogen-bond donors (Lipinski definition) is 1. The van der Waals surface area contributed by atoms with Crippen LogP contribution < -0.4 is 5.32 Å². The highest BCUT2D eigenvalue weighted by Gasteiger charge is 2.26. The van der Waals surface area contributed by atoms with Crippen molar-refractivity contribution in [1.82, 2.24) is 10.2 Å². The van der Waals surface area contributed by atoms with Gasteiger partial charge in [-0.3, -0.25) is 0 Å². The van der Waals surface area contributed by atoms with Gasteiger partial charge in [-0.15, -0.1) is 6.58 Å². The summed E-state index contributed by atoms with van der Waals surface area (Å²) in [6, 6.07) is 0.754. The molecule has 92 valence electrons. The maximum absolute atomic E-state index is 4.01. The molecule has 2 aliphatic rings. The van der Waals surface area contributed by atoms with Crippen LogP contribution in [0.15, 0.2) is 12.2 Å². The van der Waals surface area contributed by atoms with Crippen molar-refractivity contribution in [3.8, 4) is 0 Å². The lowest BCUT2D eigenvalue weighted by molar-refractivity contribution is 0.242. The average Bonchev–Trinajstić information content (AvgIpc) is 2.90. The summed E-state index contributed by atoms with van der Waals surface area (Å²) in [5.74, 6) is 1.01. The minimum Gasteiger partial charge on any atom is -0.313 e. The van der Waals surface area contributed by atoms with Gasteiger partial charge in [0.2, 0.25) is 0 Å². The van der Waals surface area contributed by atoms with Crippen molar-refractivity contribution in [3.05, 3.63) is 12.2 Å². The van der Waals surface area contributed by atoms with Gasteiger partial charge in [-0.25, -0.2) is 0 Å². The first-order valence-electron chi connectivity index (χ1n) is 6.84. The van der Waals surface area contributed by atoms with Crippen molar-refractivity contribution in [2.45, 2.75) is 45.1 Å². The van der Waals surface area contributed by atoms with Crippen LogP contribution in [0.1, 0.15) is 39.0 Å². The Kier molecular flexibility index (Phi) is 4.42. The topological polar surface area (TPSA) is 15.3 Å². The molecule has 0 aromatic heterocycles. The number of rotatable bonds is 7. The third-order valence-corrected chi connectivity index (χ3v) is 3.71. The Hall–Kier alpha value is -0.340. The first-order valence-corrected chi connectivity index (χ1v) is 6.84. The third kappa shape index (κ3) is 4.26. The summed E-state index contributed by atoms with van der Waals surface area (Å²) in [5.41, 5.74) is 1.32. The molecule has 2 heteroatoms. The van der Waals surface area contributed by atoms with Crippen LogP contribution in [0.4, 0.5) is 0 Å². The molecule has 2 rings (SSSR count). The molecule has 1 unspecified atom stereocenters. The SMILES string of the molecule is C=C(C)CCN(CC1CC1)CC1CCCN1. The smallest absolute Gasteiger partial charge is 0.0195 e. The predicted octanol–water partition coefficient (Wildman–Crippen LogP) is 2.42. The summed E-state index contributed by atoms with van der Waals surface area (Å²) in [7, 11) is 0. The average molecular weight is 222 g/mol. The molecule has 0 radical (unpaired) electrons. The third-order valence-electron chi connectivity index (χ3n) is 3.71. The normalized spacial score (nSPS) is 25.2. The fourth-order valence-corrected chi connectivity index (χ4v) is 2.50. The van der Waals surface area contributed by atoms with Gasteiger partial charge in [0, 0.05) is 25.7 Å². The molecule has 0 amide bonds. The van der Waals surface area contributed by atoms with E-state index in [1.807, 2.05) is 0 Å². The second-order valence-electron chi connectivity index (χ2n) is 5.70. The van der Waals surface area contributed by atoms with Crippen molar-refractivity contribution in [1.29, 1.82) is 0 Å². The number of nitrogens with one attached hydrogen (secondary N) is 1. The van der Waals surface area contributed by atoms with Crippen molar-refractivity contribution in [2.75, 3.05) is 26.2 Å². The molecule has 16 heavy (non-hydrogen) atoms. The van der Waals surface area contributed by atoms with E-state index in [0.29, 0.717) is 0 Å². The van der Waals surface area contributed by atoms with Crippen LogP contribution in [0.2, 0.25) is 0 Å². The van der Waals surface area contributed by atoms with Gasteiger partial charge in [-0.2, -0.15) is 0 Å². The fourth-order valence-electron chi connectivity index (χ4n) is 2.50. The molecular weight excluding hydrogens is 196 g/mol. The Bertz CT molecular complexity index is 227. The lowest BCUT2D eigenvalue weighted by Crippen LogP contribution is -2.39.